The van der Waals surface area contributed by atoms with Crippen LogP contribution in [-0.2, 0) is 0 Å². The first-order valence-corrected chi connectivity index (χ1v) is 17.2. The molecule has 0 saturated carbocycles. The largest absolute Gasteiger partial charge is 0.236 e. The number of benzene rings is 7. The lowest BCUT2D eigenvalue weighted by atomic mass is 9.93. The minimum absolute atomic E-state index is 1.03. The maximum absolute atomic E-state index is 5.11. The second-order valence-electron chi connectivity index (χ2n) is 11.3. The molecule has 0 saturated heterocycles. The van der Waals surface area contributed by atoms with Crippen LogP contribution in [0.3, 0.4) is 0 Å². The van der Waals surface area contributed by atoms with Gasteiger partial charge in [-0.1, -0.05) is 91.0 Å². The summed E-state index contributed by atoms with van der Waals surface area (Å²) in [5, 5.41) is 10.5. The molecule has 0 fully saturated rings. The van der Waals surface area contributed by atoms with Gasteiger partial charge in [0.1, 0.15) is 15.0 Å². The van der Waals surface area contributed by atoms with Gasteiger partial charge in [0.15, 0.2) is 0 Å². The monoisotopic (exact) mass is 627 g/mol. The molecule has 10 aromatic rings. The number of nitrogens with zero attached hydrogens (tertiary/aromatic N) is 3. The molecular weight excluding hydrogens is 607 g/mol. The molecule has 3 nitrogen and oxygen atoms in total. The molecule has 0 aliphatic heterocycles. The van der Waals surface area contributed by atoms with Crippen molar-refractivity contribution in [1.82, 2.24) is 15.0 Å². The van der Waals surface area contributed by atoms with Crippen LogP contribution >= 0.6 is 34.0 Å². The van der Waals surface area contributed by atoms with Crippen LogP contribution < -0.4 is 0 Å². The third kappa shape index (κ3) is 4.03. The lowest BCUT2D eigenvalue weighted by Gasteiger charge is -2.11. The van der Waals surface area contributed by atoms with E-state index < -0.39 is 0 Å². The Morgan fingerprint density at radius 1 is 0.311 bits per heavy atom. The highest BCUT2D eigenvalue weighted by Crippen LogP contribution is 2.44. The van der Waals surface area contributed by atoms with Crippen molar-refractivity contribution in [2.75, 3.05) is 0 Å². The molecule has 0 aliphatic carbocycles. The molecule has 0 unspecified atom stereocenters. The predicted octanol–water partition coefficient (Wildman–Crippen LogP) is 12.0. The Kier molecular flexibility index (Phi) is 5.49. The molecule has 0 N–H and O–H groups in total. The molecule has 6 heteroatoms. The summed E-state index contributed by atoms with van der Waals surface area (Å²) in [6.07, 6.45) is 0. The van der Waals surface area contributed by atoms with Crippen molar-refractivity contribution in [2.45, 2.75) is 0 Å². The summed E-state index contributed by atoms with van der Waals surface area (Å²) in [5.41, 5.74) is 6.53. The molecular formula is C39H21N3S3. The molecule has 0 spiro atoms. The van der Waals surface area contributed by atoms with Gasteiger partial charge in [0.05, 0.1) is 30.6 Å². The van der Waals surface area contributed by atoms with Crippen molar-refractivity contribution in [3.8, 4) is 31.7 Å². The van der Waals surface area contributed by atoms with E-state index in [9.17, 15) is 0 Å². The van der Waals surface area contributed by atoms with Crippen LogP contribution in [0.2, 0.25) is 0 Å². The van der Waals surface area contributed by atoms with Crippen LogP contribution in [0.5, 0.6) is 0 Å². The molecule has 0 bridgehead atoms. The SMILES string of the molecule is c1ccc(-c2nc3cc4c5cc6sc(-c7ccccc7)nc6cc5c5cc6sc(-c7ccccc7)nc6cc5c4cc3s2)cc1. The molecule has 7 aromatic carbocycles. The lowest BCUT2D eigenvalue weighted by molar-refractivity contribution is 1.48. The summed E-state index contributed by atoms with van der Waals surface area (Å²) in [6, 6.07) is 45.3. The van der Waals surface area contributed by atoms with E-state index in [0.29, 0.717) is 0 Å². The molecule has 10 rings (SSSR count). The highest BCUT2D eigenvalue weighted by atomic mass is 32.1. The maximum Gasteiger partial charge on any atom is 0.124 e. The Hall–Kier alpha value is -5.01. The third-order valence-electron chi connectivity index (χ3n) is 8.52. The topological polar surface area (TPSA) is 38.7 Å². The van der Waals surface area contributed by atoms with Crippen molar-refractivity contribution >= 4 is 97.0 Å². The molecule has 45 heavy (non-hydrogen) atoms. The van der Waals surface area contributed by atoms with Crippen LogP contribution in [-0.4, -0.2) is 15.0 Å². The maximum atomic E-state index is 5.11. The quantitative estimate of drug-likeness (QED) is 0.183. The first-order valence-electron chi connectivity index (χ1n) is 14.8. The zero-order chi connectivity index (χ0) is 29.5. The molecule has 0 amide bonds. The fraction of sp³-hybridized carbons (Fsp3) is 0. The normalized spacial score (nSPS) is 12.0. The fourth-order valence-electron chi connectivity index (χ4n) is 6.37. The first kappa shape index (κ1) is 25.3. The van der Waals surface area contributed by atoms with E-state index in [1.807, 2.05) is 0 Å². The van der Waals surface area contributed by atoms with Gasteiger partial charge < -0.3 is 0 Å². The van der Waals surface area contributed by atoms with E-state index in [2.05, 4.69) is 127 Å². The summed E-state index contributed by atoms with van der Waals surface area (Å²) >= 11 is 5.27. The van der Waals surface area contributed by atoms with Gasteiger partial charge in [-0.15, -0.1) is 34.0 Å². The van der Waals surface area contributed by atoms with E-state index in [4.69, 9.17) is 15.0 Å². The van der Waals surface area contributed by atoms with E-state index >= 15 is 0 Å². The Labute approximate surface area is 269 Å². The molecule has 3 heterocycles. The van der Waals surface area contributed by atoms with Crippen LogP contribution in [0, 0.1) is 0 Å². The molecule has 0 atom stereocenters. The molecule has 210 valence electrons. The highest BCUT2D eigenvalue weighted by molar-refractivity contribution is 7.22. The van der Waals surface area contributed by atoms with Crippen molar-refractivity contribution in [1.29, 1.82) is 0 Å². The zero-order valence-electron chi connectivity index (χ0n) is 23.7. The number of hydrogen-bond acceptors (Lipinski definition) is 6. The predicted molar refractivity (Wildman–Crippen MR) is 195 cm³/mol. The van der Waals surface area contributed by atoms with Gasteiger partial charge in [0, 0.05) is 16.7 Å². The van der Waals surface area contributed by atoms with Crippen molar-refractivity contribution in [3.63, 3.8) is 0 Å². The minimum Gasteiger partial charge on any atom is -0.236 e. The summed E-state index contributed by atoms with van der Waals surface area (Å²) in [5.74, 6) is 0. The van der Waals surface area contributed by atoms with E-state index in [1.54, 1.807) is 34.0 Å². The summed E-state index contributed by atoms with van der Waals surface area (Å²) < 4.78 is 3.57. The van der Waals surface area contributed by atoms with E-state index in [1.165, 1.54) is 46.4 Å². The fourth-order valence-corrected chi connectivity index (χ4v) is 9.35. The van der Waals surface area contributed by atoms with Crippen molar-refractivity contribution in [2.24, 2.45) is 0 Å². The summed E-state index contributed by atoms with van der Waals surface area (Å²) in [6.45, 7) is 0. The van der Waals surface area contributed by atoms with Crippen molar-refractivity contribution in [3.05, 3.63) is 127 Å². The highest BCUT2D eigenvalue weighted by Gasteiger charge is 2.18. The first-order chi connectivity index (χ1) is 22.2. The van der Waals surface area contributed by atoms with Gasteiger partial charge in [-0.05, 0) is 68.7 Å². The Bertz CT molecular complexity index is 2280. The van der Waals surface area contributed by atoms with Crippen LogP contribution in [0.1, 0.15) is 0 Å². The van der Waals surface area contributed by atoms with Crippen molar-refractivity contribution < 1.29 is 0 Å². The average Bonchev–Trinajstić information content (AvgIpc) is 3.83. The van der Waals surface area contributed by atoms with Crippen LogP contribution in [0.25, 0.3) is 94.7 Å². The van der Waals surface area contributed by atoms with Gasteiger partial charge in [-0.2, -0.15) is 0 Å². The third-order valence-corrected chi connectivity index (χ3v) is 11.7. The standard InChI is InChI=1S/C39H21N3S3/c1-4-10-22(11-5-1)37-40-31-16-25-28(19-34(31)43-37)26-17-32-36(45-38(41-32)23-12-6-2-7-13-23)21-30(26)27-18-33-35(20-29(25)27)44-39(42-33)24-14-8-3-9-15-24/h1-21H. The molecule has 0 aliphatic rings. The number of thiazole rings is 3. The second-order valence-corrected chi connectivity index (χ2v) is 14.3. The number of rotatable bonds is 3. The van der Waals surface area contributed by atoms with E-state index in [-0.39, 0.29) is 0 Å². The summed E-state index contributed by atoms with van der Waals surface area (Å²) in [7, 11) is 0. The molecule has 0 radical (unpaired) electrons. The Balaban J connectivity index is 1.31. The molecule has 3 aromatic heterocycles. The van der Waals surface area contributed by atoms with Gasteiger partial charge in [0.2, 0.25) is 0 Å². The minimum atomic E-state index is 1.03. The zero-order valence-corrected chi connectivity index (χ0v) is 26.1. The van der Waals surface area contributed by atoms with Gasteiger partial charge in [-0.25, -0.2) is 15.0 Å². The second kappa shape index (κ2) is 9.74. The Morgan fingerprint density at radius 3 is 0.867 bits per heavy atom. The summed E-state index contributed by atoms with van der Waals surface area (Å²) in [4.78, 5) is 15.3. The lowest BCUT2D eigenvalue weighted by Crippen LogP contribution is -1.85. The Morgan fingerprint density at radius 2 is 0.578 bits per heavy atom. The number of fused-ring (bicyclic) bond motifs is 9. The van der Waals surface area contributed by atoms with Gasteiger partial charge >= 0.3 is 0 Å². The van der Waals surface area contributed by atoms with Gasteiger partial charge in [-0.3, -0.25) is 0 Å². The van der Waals surface area contributed by atoms with E-state index in [0.717, 1.165) is 48.3 Å². The van der Waals surface area contributed by atoms with Gasteiger partial charge in [0.25, 0.3) is 0 Å². The number of aromatic nitrogens is 3. The number of hydrogen-bond donors (Lipinski definition) is 0. The van der Waals surface area contributed by atoms with Crippen LogP contribution in [0.15, 0.2) is 127 Å². The smallest absolute Gasteiger partial charge is 0.124 e. The average molecular weight is 628 g/mol. The van der Waals surface area contributed by atoms with Crippen LogP contribution in [0.4, 0.5) is 0 Å².